The molecular weight excluding hydrogens is 497 g/mol. The van der Waals surface area contributed by atoms with Crippen LogP contribution in [-0.2, 0) is 17.8 Å². The maximum atomic E-state index is 12.5. The first-order chi connectivity index (χ1) is 18.3. The molecule has 0 spiro atoms. The molecule has 1 amide bonds. The van der Waals surface area contributed by atoms with Crippen molar-refractivity contribution in [3.8, 4) is 17.0 Å². The van der Waals surface area contributed by atoms with E-state index in [-0.39, 0.29) is 0 Å². The zero-order valence-electron chi connectivity index (χ0n) is 20.8. The number of carbonyl (C=O) groups is 1. The molecule has 11 heteroatoms. The largest absolute Gasteiger partial charge is 0.481 e. The number of benzene rings is 1. The molecule has 1 fully saturated rings. The third kappa shape index (κ3) is 6.28. The van der Waals surface area contributed by atoms with Gasteiger partial charge in [-0.15, -0.1) is 0 Å². The summed E-state index contributed by atoms with van der Waals surface area (Å²) in [5.41, 5.74) is 5.68. The number of carbonyl (C=O) groups excluding carboxylic acids is 1. The number of aromatic nitrogens is 4. The fourth-order valence-corrected chi connectivity index (χ4v) is 4.59. The number of halogens is 3. The van der Waals surface area contributed by atoms with Gasteiger partial charge in [-0.1, -0.05) is 6.07 Å². The van der Waals surface area contributed by atoms with Crippen molar-refractivity contribution in [1.29, 1.82) is 0 Å². The van der Waals surface area contributed by atoms with Gasteiger partial charge in [0.15, 0.2) is 0 Å². The first kappa shape index (κ1) is 25.7. The number of hydrogen-bond donors (Lipinski definition) is 1. The van der Waals surface area contributed by atoms with E-state index in [0.29, 0.717) is 45.0 Å². The predicted octanol–water partition coefficient (Wildman–Crippen LogP) is 4.22. The molecule has 3 aromatic heterocycles. The zero-order valence-corrected chi connectivity index (χ0v) is 20.8. The van der Waals surface area contributed by atoms with Gasteiger partial charge in [0, 0.05) is 68.9 Å². The second kappa shape index (κ2) is 10.8. The molecule has 4 aromatic rings. The van der Waals surface area contributed by atoms with Gasteiger partial charge in [-0.2, -0.15) is 13.2 Å². The van der Waals surface area contributed by atoms with E-state index in [1.54, 1.807) is 19.5 Å². The van der Waals surface area contributed by atoms with Crippen LogP contribution in [-0.4, -0.2) is 75.1 Å². The van der Waals surface area contributed by atoms with Crippen molar-refractivity contribution < 1.29 is 22.7 Å². The highest BCUT2D eigenvalue weighted by atomic mass is 19.4. The van der Waals surface area contributed by atoms with Crippen LogP contribution < -0.4 is 4.74 Å². The number of rotatable bonds is 7. The smallest absolute Gasteiger partial charge is 0.397 e. The summed E-state index contributed by atoms with van der Waals surface area (Å²) in [5.74, 6) is 0.500. The number of piperazine rings is 1. The molecule has 0 bridgehead atoms. The number of H-pyrrole nitrogens is 1. The van der Waals surface area contributed by atoms with Crippen molar-refractivity contribution in [2.45, 2.75) is 25.6 Å². The normalized spacial score (nSPS) is 14.7. The molecule has 0 saturated carbocycles. The lowest BCUT2D eigenvalue weighted by atomic mass is 10.1. The maximum absolute atomic E-state index is 12.5. The number of aromatic amines is 1. The number of nitrogens with zero attached hydrogens (tertiary/aromatic N) is 5. The molecule has 1 N–H and O–H groups in total. The van der Waals surface area contributed by atoms with Crippen LogP contribution in [0.25, 0.3) is 22.2 Å². The van der Waals surface area contributed by atoms with Gasteiger partial charge in [0.1, 0.15) is 12.2 Å². The highest BCUT2D eigenvalue weighted by molar-refractivity contribution is 5.82. The minimum Gasteiger partial charge on any atom is -0.481 e. The minimum absolute atomic E-state index is 0.292. The van der Waals surface area contributed by atoms with E-state index in [1.807, 2.05) is 42.5 Å². The lowest BCUT2D eigenvalue weighted by Crippen LogP contribution is -2.49. The number of hydrogen-bond acceptors (Lipinski definition) is 6. The molecule has 38 heavy (non-hydrogen) atoms. The van der Waals surface area contributed by atoms with Crippen LogP contribution in [0.15, 0.2) is 54.9 Å². The second-order valence-electron chi connectivity index (χ2n) is 9.29. The highest BCUT2D eigenvalue weighted by Gasteiger charge is 2.34. The third-order valence-electron chi connectivity index (χ3n) is 6.52. The van der Waals surface area contributed by atoms with Crippen molar-refractivity contribution in [2.75, 3.05) is 33.3 Å². The molecule has 4 heterocycles. The Morgan fingerprint density at radius 3 is 2.53 bits per heavy atom. The van der Waals surface area contributed by atoms with E-state index in [2.05, 4.69) is 19.9 Å². The number of pyridine rings is 2. The summed E-state index contributed by atoms with van der Waals surface area (Å²) in [6.45, 7) is 2.27. The van der Waals surface area contributed by atoms with E-state index < -0.39 is 18.5 Å². The molecule has 0 radical (unpaired) electrons. The fraction of sp³-hybridized carbons (Fsp3) is 0.333. The Bertz CT molecular complexity index is 1410. The van der Waals surface area contributed by atoms with Gasteiger partial charge >= 0.3 is 6.18 Å². The first-order valence-corrected chi connectivity index (χ1v) is 12.3. The van der Waals surface area contributed by atoms with Gasteiger partial charge in [0.25, 0.3) is 0 Å². The van der Waals surface area contributed by atoms with E-state index in [4.69, 9.17) is 9.72 Å². The van der Waals surface area contributed by atoms with Crippen molar-refractivity contribution in [3.05, 3.63) is 71.9 Å². The van der Waals surface area contributed by atoms with Crippen molar-refractivity contribution in [3.63, 3.8) is 0 Å². The molecule has 0 unspecified atom stereocenters. The summed E-state index contributed by atoms with van der Waals surface area (Å²) < 4.78 is 42.7. The van der Waals surface area contributed by atoms with Crippen LogP contribution in [0, 0.1) is 0 Å². The number of amides is 1. The lowest BCUT2D eigenvalue weighted by Gasteiger charge is -2.35. The monoisotopic (exact) mass is 524 g/mol. The Balaban J connectivity index is 1.20. The maximum Gasteiger partial charge on any atom is 0.397 e. The molecule has 1 aliphatic rings. The molecule has 198 valence electrons. The topological polar surface area (TPSA) is 87.2 Å². The van der Waals surface area contributed by atoms with Crippen LogP contribution in [0.4, 0.5) is 13.2 Å². The van der Waals surface area contributed by atoms with Crippen molar-refractivity contribution in [1.82, 2.24) is 29.7 Å². The van der Waals surface area contributed by atoms with Gasteiger partial charge in [-0.25, -0.2) is 9.97 Å². The number of fused-ring (bicyclic) bond motifs is 1. The number of nitrogens with one attached hydrogen (secondary N) is 1. The van der Waals surface area contributed by atoms with Crippen LogP contribution in [0.3, 0.4) is 0 Å². The Kier molecular flexibility index (Phi) is 7.28. The summed E-state index contributed by atoms with van der Waals surface area (Å²) in [7, 11) is 1.58. The standard InChI is InChI=1S/C27H27F3N6O2/c1-38-25-5-3-20(16-32-25)19-2-4-22-23(13-19)34-24(33-22)14-21-12-18(6-7-31-21)17-35-8-10-36(11-9-35)26(37)15-27(28,29)30/h2-7,12-13,16H,8-11,14-15,17H2,1H3,(H,33,34). The zero-order chi connectivity index (χ0) is 26.7. The molecular formula is C27H27F3N6O2. The van der Waals surface area contributed by atoms with E-state index >= 15 is 0 Å². The molecule has 5 rings (SSSR count). The van der Waals surface area contributed by atoms with Gasteiger partial charge in [-0.3, -0.25) is 14.7 Å². The number of alkyl halides is 3. The Labute approximate surface area is 217 Å². The first-order valence-electron chi connectivity index (χ1n) is 12.3. The second-order valence-corrected chi connectivity index (χ2v) is 9.29. The Morgan fingerprint density at radius 1 is 1.03 bits per heavy atom. The number of methoxy groups -OCH3 is 1. The van der Waals surface area contributed by atoms with Gasteiger partial charge in [-0.05, 0) is 41.5 Å². The van der Waals surface area contributed by atoms with Crippen LogP contribution >= 0.6 is 0 Å². The molecule has 1 aromatic carbocycles. The van der Waals surface area contributed by atoms with Crippen LogP contribution in [0.2, 0.25) is 0 Å². The highest BCUT2D eigenvalue weighted by Crippen LogP contribution is 2.25. The molecule has 1 saturated heterocycles. The van der Waals surface area contributed by atoms with E-state index in [9.17, 15) is 18.0 Å². The van der Waals surface area contributed by atoms with Gasteiger partial charge < -0.3 is 14.6 Å². The summed E-state index contributed by atoms with van der Waals surface area (Å²) >= 11 is 0. The summed E-state index contributed by atoms with van der Waals surface area (Å²) in [4.78, 5) is 32.1. The lowest BCUT2D eigenvalue weighted by molar-refractivity contribution is -0.162. The van der Waals surface area contributed by atoms with Crippen molar-refractivity contribution in [2.24, 2.45) is 0 Å². The quantitative estimate of drug-likeness (QED) is 0.390. The Morgan fingerprint density at radius 2 is 1.82 bits per heavy atom. The van der Waals surface area contributed by atoms with Gasteiger partial charge in [0.2, 0.25) is 11.8 Å². The van der Waals surface area contributed by atoms with Crippen LogP contribution in [0.5, 0.6) is 5.88 Å². The minimum atomic E-state index is -4.47. The summed E-state index contributed by atoms with van der Waals surface area (Å²) in [6.07, 6.45) is -1.82. The summed E-state index contributed by atoms with van der Waals surface area (Å²) in [6, 6.07) is 13.7. The summed E-state index contributed by atoms with van der Waals surface area (Å²) in [5, 5.41) is 0. The number of imidazole rings is 1. The molecule has 0 aliphatic carbocycles. The van der Waals surface area contributed by atoms with E-state index in [1.165, 1.54) is 4.90 Å². The SMILES string of the molecule is COc1ccc(-c2ccc3nc(Cc4cc(CN5CCN(C(=O)CC(F)(F)F)CC5)ccn4)[nH]c3c2)cn1. The number of ether oxygens (including phenoxy) is 1. The predicted molar refractivity (Wildman–Crippen MR) is 135 cm³/mol. The Hall–Kier alpha value is -3.99. The molecule has 1 aliphatic heterocycles. The average molecular weight is 525 g/mol. The van der Waals surface area contributed by atoms with Crippen LogP contribution in [0.1, 0.15) is 23.5 Å². The van der Waals surface area contributed by atoms with Gasteiger partial charge in [0.05, 0.1) is 18.1 Å². The fourth-order valence-electron chi connectivity index (χ4n) is 4.59. The average Bonchev–Trinajstić information content (AvgIpc) is 3.30. The molecule has 0 atom stereocenters. The van der Waals surface area contributed by atoms with Crippen molar-refractivity contribution >= 4 is 16.9 Å². The van der Waals surface area contributed by atoms with E-state index in [0.717, 1.165) is 39.2 Å². The third-order valence-corrected chi connectivity index (χ3v) is 6.52. The molecule has 8 nitrogen and oxygen atoms in total.